The molecule has 23 heavy (non-hydrogen) atoms. The predicted molar refractivity (Wildman–Crippen MR) is 74.9 cm³/mol. The lowest BCUT2D eigenvalue weighted by Crippen LogP contribution is -2.33. The highest BCUT2D eigenvalue weighted by Crippen LogP contribution is 2.41. The number of aromatic nitrogens is 4. The second-order valence-electron chi connectivity index (χ2n) is 5.47. The van der Waals surface area contributed by atoms with Crippen molar-refractivity contribution >= 4 is 5.91 Å². The molecule has 0 aromatic carbocycles. The summed E-state index contributed by atoms with van der Waals surface area (Å²) in [6.07, 6.45) is 1.64. The lowest BCUT2D eigenvalue weighted by molar-refractivity contribution is 0.0116. The second-order valence-corrected chi connectivity index (χ2v) is 5.47. The minimum absolute atomic E-state index is 0.0438. The van der Waals surface area contributed by atoms with Crippen LogP contribution in [0.1, 0.15) is 48.5 Å². The summed E-state index contributed by atoms with van der Waals surface area (Å²) in [6, 6.07) is 0.585. The van der Waals surface area contributed by atoms with Crippen LogP contribution in [0.4, 0.5) is 8.78 Å². The zero-order chi connectivity index (χ0) is 16.6. The molecule has 1 fully saturated rings. The van der Waals surface area contributed by atoms with Gasteiger partial charge in [-0.3, -0.25) is 9.48 Å². The van der Waals surface area contributed by atoms with Crippen LogP contribution in [0.5, 0.6) is 0 Å². The van der Waals surface area contributed by atoms with Crippen LogP contribution < -0.4 is 0 Å². The van der Waals surface area contributed by atoms with Crippen molar-refractivity contribution in [1.82, 2.24) is 24.8 Å². The Morgan fingerprint density at radius 2 is 2.26 bits per heavy atom. The van der Waals surface area contributed by atoms with Crippen molar-refractivity contribution in [1.29, 1.82) is 0 Å². The van der Waals surface area contributed by atoms with Gasteiger partial charge in [0.25, 0.3) is 11.8 Å². The molecule has 3 rings (SSSR count). The van der Waals surface area contributed by atoms with Gasteiger partial charge in [0.15, 0.2) is 5.82 Å². The summed E-state index contributed by atoms with van der Waals surface area (Å²) < 4.78 is 34.3. The molecule has 0 unspecified atom stereocenters. The second kappa shape index (κ2) is 5.71. The van der Waals surface area contributed by atoms with Gasteiger partial charge in [-0.25, -0.2) is 8.78 Å². The van der Waals surface area contributed by atoms with Crippen molar-refractivity contribution in [3.63, 3.8) is 0 Å². The molecule has 9 heteroatoms. The van der Waals surface area contributed by atoms with E-state index in [9.17, 15) is 13.6 Å². The van der Waals surface area contributed by atoms with E-state index in [2.05, 4.69) is 15.2 Å². The van der Waals surface area contributed by atoms with Gasteiger partial charge in [0.2, 0.25) is 5.89 Å². The zero-order valence-corrected chi connectivity index (χ0v) is 12.9. The Balaban J connectivity index is 1.89. The standard InChI is InChI=1S/C14H17F2N5O2/c1-3-11-17-12(23-19-11)10-7-14(15,16)8-21(10)13(22)9-5-6-20(4-2)18-9/h5-6,10H,3-4,7-8H2,1-2H3/t10-/m0/s1. The number of likely N-dealkylation sites (tertiary alicyclic amines) is 1. The van der Waals surface area contributed by atoms with Gasteiger partial charge in [-0.05, 0) is 13.0 Å². The Hall–Kier alpha value is -2.32. The van der Waals surface area contributed by atoms with E-state index in [-0.39, 0.29) is 11.6 Å². The average molecular weight is 325 g/mol. The maximum Gasteiger partial charge on any atom is 0.275 e. The molecule has 1 atom stereocenters. The number of rotatable bonds is 4. The van der Waals surface area contributed by atoms with Gasteiger partial charge in [-0.2, -0.15) is 10.1 Å². The lowest BCUT2D eigenvalue weighted by Gasteiger charge is -2.19. The number of alkyl halides is 2. The Labute approximate surface area is 131 Å². The third-order valence-electron chi connectivity index (χ3n) is 3.80. The zero-order valence-electron chi connectivity index (χ0n) is 12.9. The molecule has 1 aliphatic rings. The Morgan fingerprint density at radius 1 is 1.48 bits per heavy atom. The molecule has 7 nitrogen and oxygen atoms in total. The Bertz CT molecular complexity index is 712. The minimum atomic E-state index is -2.99. The summed E-state index contributed by atoms with van der Waals surface area (Å²) >= 11 is 0. The van der Waals surface area contributed by atoms with E-state index in [0.29, 0.717) is 18.8 Å². The number of carbonyl (C=O) groups is 1. The van der Waals surface area contributed by atoms with Crippen LogP contribution in [0.15, 0.2) is 16.8 Å². The topological polar surface area (TPSA) is 77.0 Å². The molecule has 124 valence electrons. The first-order chi connectivity index (χ1) is 10.9. The lowest BCUT2D eigenvalue weighted by atomic mass is 10.2. The van der Waals surface area contributed by atoms with Crippen LogP contribution in [0, 0.1) is 0 Å². The van der Waals surface area contributed by atoms with E-state index in [1.165, 1.54) is 6.07 Å². The van der Waals surface area contributed by atoms with E-state index >= 15 is 0 Å². The Morgan fingerprint density at radius 3 is 2.87 bits per heavy atom. The van der Waals surface area contributed by atoms with Gasteiger partial charge < -0.3 is 9.42 Å². The smallest absolute Gasteiger partial charge is 0.275 e. The molecule has 0 aliphatic carbocycles. The summed E-state index contributed by atoms with van der Waals surface area (Å²) in [7, 11) is 0. The third-order valence-corrected chi connectivity index (χ3v) is 3.80. The van der Waals surface area contributed by atoms with E-state index in [4.69, 9.17) is 4.52 Å². The van der Waals surface area contributed by atoms with E-state index in [1.54, 1.807) is 10.9 Å². The molecule has 0 bridgehead atoms. The van der Waals surface area contributed by atoms with Gasteiger partial charge in [-0.15, -0.1) is 0 Å². The molecule has 3 heterocycles. The predicted octanol–water partition coefficient (Wildman–Crippen LogP) is 2.07. The van der Waals surface area contributed by atoms with Crippen LogP contribution in [-0.2, 0) is 13.0 Å². The summed E-state index contributed by atoms with van der Waals surface area (Å²) in [5.74, 6) is -3.08. The molecule has 1 amide bonds. The molecule has 0 spiro atoms. The number of hydrogen-bond acceptors (Lipinski definition) is 5. The molecule has 2 aromatic heterocycles. The van der Waals surface area contributed by atoms with Crippen LogP contribution in [-0.4, -0.2) is 43.2 Å². The summed E-state index contributed by atoms with van der Waals surface area (Å²) in [5.41, 5.74) is 0.129. The van der Waals surface area contributed by atoms with Crippen LogP contribution in [0.25, 0.3) is 0 Å². The van der Waals surface area contributed by atoms with E-state index < -0.39 is 30.8 Å². The monoisotopic (exact) mass is 325 g/mol. The van der Waals surface area contributed by atoms with Crippen molar-refractivity contribution < 1.29 is 18.1 Å². The normalized spacial score (nSPS) is 20.2. The van der Waals surface area contributed by atoms with Gasteiger partial charge in [0.05, 0.1) is 6.54 Å². The number of nitrogens with zero attached hydrogens (tertiary/aromatic N) is 5. The SMILES string of the molecule is CCc1noc([C@@H]2CC(F)(F)CN2C(=O)c2ccn(CC)n2)n1. The number of amides is 1. The van der Waals surface area contributed by atoms with E-state index in [1.807, 2.05) is 13.8 Å². The number of aryl methyl sites for hydroxylation is 2. The van der Waals surface area contributed by atoms with Crippen molar-refractivity contribution in [2.45, 2.75) is 45.2 Å². The maximum absolute atomic E-state index is 13.9. The first-order valence-electron chi connectivity index (χ1n) is 7.48. The average Bonchev–Trinajstić information content (AvgIpc) is 3.23. The third kappa shape index (κ3) is 2.95. The van der Waals surface area contributed by atoms with Crippen molar-refractivity contribution in [2.24, 2.45) is 0 Å². The summed E-state index contributed by atoms with van der Waals surface area (Å²) in [4.78, 5) is 17.7. The molecule has 1 saturated heterocycles. The number of hydrogen-bond donors (Lipinski definition) is 0. The minimum Gasteiger partial charge on any atom is -0.337 e. The van der Waals surface area contributed by atoms with Gasteiger partial charge in [-0.1, -0.05) is 12.1 Å². The fourth-order valence-electron chi connectivity index (χ4n) is 2.60. The van der Waals surface area contributed by atoms with E-state index in [0.717, 1.165) is 4.90 Å². The molecule has 1 aliphatic heterocycles. The first kappa shape index (κ1) is 15.6. The van der Waals surface area contributed by atoms with Crippen molar-refractivity contribution in [3.8, 4) is 0 Å². The molecular formula is C14H17F2N5O2. The molecule has 2 aromatic rings. The number of halogens is 2. The van der Waals surface area contributed by atoms with Gasteiger partial charge >= 0.3 is 0 Å². The van der Waals surface area contributed by atoms with Crippen molar-refractivity contribution in [2.75, 3.05) is 6.54 Å². The summed E-state index contributed by atoms with van der Waals surface area (Å²) in [5, 5.41) is 7.81. The highest BCUT2D eigenvalue weighted by Gasteiger charge is 2.50. The van der Waals surface area contributed by atoms with Gasteiger partial charge in [0, 0.05) is 25.6 Å². The first-order valence-corrected chi connectivity index (χ1v) is 7.48. The fourth-order valence-corrected chi connectivity index (χ4v) is 2.60. The molecule has 0 saturated carbocycles. The number of carbonyl (C=O) groups excluding carboxylic acids is 1. The quantitative estimate of drug-likeness (QED) is 0.860. The van der Waals surface area contributed by atoms with Crippen LogP contribution in [0.3, 0.4) is 0 Å². The highest BCUT2D eigenvalue weighted by atomic mass is 19.3. The van der Waals surface area contributed by atoms with Gasteiger partial charge in [0.1, 0.15) is 11.7 Å². The maximum atomic E-state index is 13.9. The molecule has 0 radical (unpaired) electrons. The molecule has 0 N–H and O–H groups in total. The Kier molecular flexibility index (Phi) is 3.87. The van der Waals surface area contributed by atoms with Crippen molar-refractivity contribution in [3.05, 3.63) is 29.7 Å². The fraction of sp³-hybridized carbons (Fsp3) is 0.571. The molecular weight excluding hydrogens is 308 g/mol. The highest BCUT2D eigenvalue weighted by molar-refractivity contribution is 5.92. The van der Waals surface area contributed by atoms with Crippen LogP contribution >= 0.6 is 0 Å². The van der Waals surface area contributed by atoms with Crippen LogP contribution in [0.2, 0.25) is 0 Å². The largest absolute Gasteiger partial charge is 0.337 e. The summed E-state index contributed by atoms with van der Waals surface area (Å²) in [6.45, 7) is 3.62.